The standard InChI is InChI=1S/C15H13N3O3S2/c19-13(11-8-23-15(21)18-11)16-9-3-5-10(6-4-9)17-14(20)12-2-1-7-22-12/h1-7,11H,8H2,(H,16,19)(H,17,20)(H,18,21)/t11-/m0/s1. The molecule has 0 unspecified atom stereocenters. The third kappa shape index (κ3) is 3.91. The average molecular weight is 347 g/mol. The van der Waals surface area contributed by atoms with Crippen molar-refractivity contribution in [2.75, 3.05) is 16.4 Å². The van der Waals surface area contributed by atoms with Gasteiger partial charge in [-0.25, -0.2) is 0 Å². The van der Waals surface area contributed by atoms with Crippen molar-refractivity contribution in [2.45, 2.75) is 6.04 Å². The van der Waals surface area contributed by atoms with Crippen LogP contribution in [-0.4, -0.2) is 28.8 Å². The SMILES string of the molecule is O=C1N[C@H](C(=O)Nc2ccc(NC(=O)c3cccs3)cc2)CS1. The molecule has 1 atom stereocenters. The van der Waals surface area contributed by atoms with E-state index in [0.29, 0.717) is 22.0 Å². The van der Waals surface area contributed by atoms with Crippen LogP contribution >= 0.6 is 23.1 Å². The highest BCUT2D eigenvalue weighted by Gasteiger charge is 2.27. The molecule has 1 aromatic carbocycles. The summed E-state index contributed by atoms with van der Waals surface area (Å²) < 4.78 is 0. The molecule has 2 aromatic rings. The summed E-state index contributed by atoms with van der Waals surface area (Å²) in [7, 11) is 0. The van der Waals surface area contributed by atoms with Crippen LogP contribution in [0.25, 0.3) is 0 Å². The smallest absolute Gasteiger partial charge is 0.279 e. The first kappa shape index (κ1) is 15.6. The zero-order valence-corrected chi connectivity index (χ0v) is 13.5. The van der Waals surface area contributed by atoms with E-state index in [2.05, 4.69) is 16.0 Å². The van der Waals surface area contributed by atoms with Crippen molar-refractivity contribution >= 4 is 51.5 Å². The number of amides is 3. The van der Waals surface area contributed by atoms with Gasteiger partial charge < -0.3 is 16.0 Å². The molecule has 0 aliphatic carbocycles. The van der Waals surface area contributed by atoms with Crippen LogP contribution in [0.3, 0.4) is 0 Å². The molecule has 0 radical (unpaired) electrons. The van der Waals surface area contributed by atoms with Crippen LogP contribution in [-0.2, 0) is 4.79 Å². The van der Waals surface area contributed by atoms with Crippen molar-refractivity contribution in [3.63, 3.8) is 0 Å². The van der Waals surface area contributed by atoms with Crippen LogP contribution in [0.5, 0.6) is 0 Å². The van der Waals surface area contributed by atoms with Gasteiger partial charge in [0.05, 0.1) is 4.88 Å². The Morgan fingerprint density at radius 1 is 1.09 bits per heavy atom. The maximum Gasteiger partial charge on any atom is 0.279 e. The van der Waals surface area contributed by atoms with Crippen LogP contribution in [0, 0.1) is 0 Å². The molecule has 1 saturated heterocycles. The first-order valence-electron chi connectivity index (χ1n) is 6.81. The lowest BCUT2D eigenvalue weighted by atomic mass is 10.2. The summed E-state index contributed by atoms with van der Waals surface area (Å²) in [5, 5.41) is 9.76. The molecule has 23 heavy (non-hydrogen) atoms. The highest BCUT2D eigenvalue weighted by molar-refractivity contribution is 8.14. The molecule has 1 fully saturated rings. The zero-order chi connectivity index (χ0) is 16.2. The van der Waals surface area contributed by atoms with Crippen molar-refractivity contribution in [3.05, 3.63) is 46.7 Å². The van der Waals surface area contributed by atoms with E-state index in [1.165, 1.54) is 11.3 Å². The Morgan fingerprint density at radius 3 is 2.35 bits per heavy atom. The molecule has 0 bridgehead atoms. The van der Waals surface area contributed by atoms with Gasteiger partial charge in [-0.2, -0.15) is 0 Å². The lowest BCUT2D eigenvalue weighted by molar-refractivity contribution is -0.117. The number of benzene rings is 1. The normalized spacial score (nSPS) is 16.7. The number of thioether (sulfide) groups is 1. The molecule has 3 rings (SSSR count). The third-order valence-electron chi connectivity index (χ3n) is 3.14. The van der Waals surface area contributed by atoms with Crippen LogP contribution in [0.2, 0.25) is 0 Å². The van der Waals surface area contributed by atoms with Crippen molar-refractivity contribution in [1.29, 1.82) is 0 Å². The summed E-state index contributed by atoms with van der Waals surface area (Å²) in [6.45, 7) is 0. The largest absolute Gasteiger partial charge is 0.334 e. The number of hydrogen-bond donors (Lipinski definition) is 3. The van der Waals surface area contributed by atoms with Crippen LogP contribution in [0.1, 0.15) is 9.67 Å². The zero-order valence-electron chi connectivity index (χ0n) is 11.9. The van der Waals surface area contributed by atoms with E-state index in [4.69, 9.17) is 0 Å². The minimum atomic E-state index is -0.509. The summed E-state index contributed by atoms with van der Waals surface area (Å²) in [5.74, 6) is 0.0146. The molecule has 2 heterocycles. The number of carbonyl (C=O) groups is 3. The Hall–Kier alpha value is -2.32. The monoisotopic (exact) mass is 347 g/mol. The van der Waals surface area contributed by atoms with E-state index < -0.39 is 6.04 Å². The van der Waals surface area contributed by atoms with Gasteiger partial charge in [0, 0.05) is 17.1 Å². The van der Waals surface area contributed by atoms with Crippen molar-refractivity contribution in [1.82, 2.24) is 5.32 Å². The van der Waals surface area contributed by atoms with Gasteiger partial charge in [-0.1, -0.05) is 17.8 Å². The van der Waals surface area contributed by atoms with E-state index in [0.717, 1.165) is 11.8 Å². The van der Waals surface area contributed by atoms with Crippen molar-refractivity contribution in [2.24, 2.45) is 0 Å². The number of carbonyl (C=O) groups excluding carboxylic acids is 3. The molecule has 3 N–H and O–H groups in total. The Balaban J connectivity index is 1.57. The molecule has 1 aliphatic rings. The van der Waals surface area contributed by atoms with Gasteiger partial charge >= 0.3 is 0 Å². The number of nitrogens with one attached hydrogen (secondary N) is 3. The average Bonchev–Trinajstić information content (AvgIpc) is 3.20. The summed E-state index contributed by atoms with van der Waals surface area (Å²) in [4.78, 5) is 35.6. The number of anilines is 2. The molecule has 1 aromatic heterocycles. The van der Waals surface area contributed by atoms with Gasteiger partial charge in [-0.3, -0.25) is 14.4 Å². The van der Waals surface area contributed by atoms with Gasteiger partial charge in [-0.15, -0.1) is 11.3 Å². The van der Waals surface area contributed by atoms with Gasteiger partial charge in [-0.05, 0) is 35.7 Å². The first-order valence-corrected chi connectivity index (χ1v) is 8.67. The van der Waals surface area contributed by atoms with E-state index in [-0.39, 0.29) is 17.1 Å². The Labute approximate surface area is 140 Å². The Morgan fingerprint density at radius 2 is 1.78 bits per heavy atom. The predicted molar refractivity (Wildman–Crippen MR) is 92.1 cm³/mol. The lowest BCUT2D eigenvalue weighted by Gasteiger charge is -2.11. The summed E-state index contributed by atoms with van der Waals surface area (Å²) in [5.41, 5.74) is 1.25. The fraction of sp³-hybridized carbons (Fsp3) is 0.133. The fourth-order valence-electron chi connectivity index (χ4n) is 1.99. The van der Waals surface area contributed by atoms with Crippen molar-refractivity contribution < 1.29 is 14.4 Å². The van der Waals surface area contributed by atoms with Crippen LogP contribution < -0.4 is 16.0 Å². The second-order valence-corrected chi connectivity index (χ2v) is 6.73. The maximum atomic E-state index is 12.0. The van der Waals surface area contributed by atoms with Crippen molar-refractivity contribution in [3.8, 4) is 0 Å². The summed E-state index contributed by atoms with van der Waals surface area (Å²) >= 11 is 2.47. The van der Waals surface area contributed by atoms with E-state index >= 15 is 0 Å². The molecule has 118 valence electrons. The molecule has 0 spiro atoms. The molecule has 3 amide bonds. The molecule has 1 aliphatic heterocycles. The fourth-order valence-corrected chi connectivity index (χ4v) is 3.39. The van der Waals surface area contributed by atoms with Crippen LogP contribution in [0.4, 0.5) is 16.2 Å². The number of rotatable bonds is 4. The molecule has 0 saturated carbocycles. The Bertz CT molecular complexity index is 729. The number of hydrogen-bond acceptors (Lipinski definition) is 5. The maximum absolute atomic E-state index is 12.0. The quantitative estimate of drug-likeness (QED) is 0.794. The summed E-state index contributed by atoms with van der Waals surface area (Å²) in [6, 6.07) is 9.88. The van der Waals surface area contributed by atoms with E-state index in [1.54, 1.807) is 30.3 Å². The molecular formula is C15H13N3O3S2. The first-order chi connectivity index (χ1) is 11.1. The van der Waals surface area contributed by atoms with Gasteiger partial charge in [0.2, 0.25) is 5.91 Å². The highest BCUT2D eigenvalue weighted by atomic mass is 32.2. The van der Waals surface area contributed by atoms with Gasteiger partial charge in [0.25, 0.3) is 11.1 Å². The second kappa shape index (κ2) is 6.84. The second-order valence-electron chi connectivity index (χ2n) is 4.79. The summed E-state index contributed by atoms with van der Waals surface area (Å²) in [6.07, 6.45) is 0. The highest BCUT2D eigenvalue weighted by Crippen LogP contribution is 2.18. The van der Waals surface area contributed by atoms with Crippen LogP contribution in [0.15, 0.2) is 41.8 Å². The lowest BCUT2D eigenvalue weighted by Crippen LogP contribution is -2.38. The molecule has 8 heteroatoms. The number of thiophene rings is 1. The van der Waals surface area contributed by atoms with E-state index in [9.17, 15) is 14.4 Å². The minimum absolute atomic E-state index is 0.164. The third-order valence-corrected chi connectivity index (χ3v) is 4.89. The van der Waals surface area contributed by atoms with Gasteiger partial charge in [0.15, 0.2) is 0 Å². The molecular weight excluding hydrogens is 334 g/mol. The predicted octanol–water partition coefficient (Wildman–Crippen LogP) is 2.76. The Kier molecular flexibility index (Phi) is 4.63. The minimum Gasteiger partial charge on any atom is -0.334 e. The topological polar surface area (TPSA) is 87.3 Å². The molecule has 6 nitrogen and oxygen atoms in total. The van der Waals surface area contributed by atoms with E-state index in [1.807, 2.05) is 11.4 Å². The van der Waals surface area contributed by atoms with Gasteiger partial charge in [0.1, 0.15) is 6.04 Å².